The molecule has 3 rings (SSSR count). The molecule has 2 aromatic carbocycles. The first-order chi connectivity index (χ1) is 12.6. The fraction of sp³-hybridized carbons (Fsp3) is 0.300. The fourth-order valence-electron chi connectivity index (χ4n) is 3.11. The first-order valence-electron chi connectivity index (χ1n) is 8.70. The number of hydrogen-bond donors (Lipinski definition) is 2. The van der Waals surface area contributed by atoms with E-state index in [1.165, 1.54) is 0 Å². The Hall–Kier alpha value is -2.34. The Morgan fingerprint density at radius 3 is 2.50 bits per heavy atom. The van der Waals surface area contributed by atoms with Crippen LogP contribution in [0.5, 0.6) is 0 Å². The largest absolute Gasteiger partial charge is 0.446 e. The van der Waals surface area contributed by atoms with E-state index in [-0.39, 0.29) is 18.1 Å². The van der Waals surface area contributed by atoms with Crippen LogP contribution in [0.4, 0.5) is 10.5 Å². The molecule has 0 aliphatic heterocycles. The predicted molar refractivity (Wildman–Crippen MR) is 104 cm³/mol. The monoisotopic (exact) mass is 416 g/mol. The minimum Gasteiger partial charge on any atom is -0.446 e. The Labute approximate surface area is 161 Å². The van der Waals surface area contributed by atoms with Gasteiger partial charge in [-0.3, -0.25) is 10.1 Å². The molecule has 2 aromatic rings. The van der Waals surface area contributed by atoms with Crippen molar-refractivity contribution in [1.82, 2.24) is 5.32 Å². The molecule has 0 spiro atoms. The second-order valence-electron chi connectivity index (χ2n) is 6.34. The van der Waals surface area contributed by atoms with Crippen molar-refractivity contribution in [3.8, 4) is 0 Å². The summed E-state index contributed by atoms with van der Waals surface area (Å²) in [5.41, 5.74) is 1.31. The Kier molecular flexibility index (Phi) is 6.28. The summed E-state index contributed by atoms with van der Waals surface area (Å²) in [4.78, 5) is 24.5. The summed E-state index contributed by atoms with van der Waals surface area (Å²) in [6.07, 6.45) is 2.57. The minimum absolute atomic E-state index is 0.00196. The molecule has 0 heterocycles. The summed E-state index contributed by atoms with van der Waals surface area (Å²) >= 11 is 3.40. The van der Waals surface area contributed by atoms with Gasteiger partial charge in [0.05, 0.1) is 5.56 Å². The van der Waals surface area contributed by atoms with Crippen molar-refractivity contribution >= 4 is 33.6 Å². The molecule has 2 atom stereocenters. The van der Waals surface area contributed by atoms with E-state index in [1.807, 2.05) is 48.5 Å². The van der Waals surface area contributed by atoms with E-state index in [4.69, 9.17) is 4.74 Å². The molecule has 6 heteroatoms. The van der Waals surface area contributed by atoms with Crippen molar-refractivity contribution < 1.29 is 14.3 Å². The van der Waals surface area contributed by atoms with Crippen LogP contribution in [-0.2, 0) is 4.74 Å². The smallest absolute Gasteiger partial charge is 0.411 e. The van der Waals surface area contributed by atoms with Gasteiger partial charge in [-0.25, -0.2) is 4.79 Å². The summed E-state index contributed by atoms with van der Waals surface area (Å²) in [6, 6.07) is 16.5. The summed E-state index contributed by atoms with van der Waals surface area (Å²) in [5, 5.41) is 5.77. The van der Waals surface area contributed by atoms with E-state index in [2.05, 4.69) is 26.6 Å². The van der Waals surface area contributed by atoms with Crippen LogP contribution in [0.25, 0.3) is 0 Å². The second-order valence-corrected chi connectivity index (χ2v) is 7.19. The molecule has 1 fully saturated rings. The van der Waals surface area contributed by atoms with Crippen LogP contribution in [0.3, 0.4) is 0 Å². The van der Waals surface area contributed by atoms with Crippen LogP contribution in [0.1, 0.15) is 36.0 Å². The number of carbonyl (C=O) groups is 2. The molecule has 2 amide bonds. The molecule has 5 nitrogen and oxygen atoms in total. The lowest BCUT2D eigenvalue weighted by atomic mass is 9.92. The summed E-state index contributed by atoms with van der Waals surface area (Å²) in [6.45, 7) is 0. The van der Waals surface area contributed by atoms with E-state index in [0.29, 0.717) is 17.7 Å². The summed E-state index contributed by atoms with van der Waals surface area (Å²) < 4.78 is 6.29. The van der Waals surface area contributed by atoms with Crippen molar-refractivity contribution in [2.45, 2.75) is 37.8 Å². The number of hydrogen-bond acceptors (Lipinski definition) is 3. The Balaban J connectivity index is 1.52. The van der Waals surface area contributed by atoms with Crippen LogP contribution < -0.4 is 10.6 Å². The summed E-state index contributed by atoms with van der Waals surface area (Å²) in [5.74, 6) is -0.114. The van der Waals surface area contributed by atoms with Gasteiger partial charge in [0, 0.05) is 22.6 Å². The average molecular weight is 417 g/mol. The van der Waals surface area contributed by atoms with E-state index < -0.39 is 6.09 Å². The molecule has 2 N–H and O–H groups in total. The molecule has 0 radical (unpaired) electrons. The maximum absolute atomic E-state index is 12.4. The van der Waals surface area contributed by atoms with Gasteiger partial charge in [-0.05, 0) is 59.5 Å². The van der Waals surface area contributed by atoms with Crippen LogP contribution in [0, 0.1) is 0 Å². The number of carbonyl (C=O) groups excluding carboxylic acids is 2. The van der Waals surface area contributed by atoms with Crippen molar-refractivity contribution in [2.24, 2.45) is 0 Å². The molecule has 0 bridgehead atoms. The Morgan fingerprint density at radius 1 is 1.00 bits per heavy atom. The third-order valence-electron chi connectivity index (χ3n) is 4.37. The first kappa shape index (κ1) is 18.5. The lowest BCUT2D eigenvalue weighted by Gasteiger charge is -2.29. The van der Waals surface area contributed by atoms with Crippen molar-refractivity contribution in [2.75, 3.05) is 5.32 Å². The van der Waals surface area contributed by atoms with Gasteiger partial charge in [0.25, 0.3) is 5.91 Å². The Morgan fingerprint density at radius 2 is 1.73 bits per heavy atom. The van der Waals surface area contributed by atoms with Crippen molar-refractivity contribution in [3.05, 3.63) is 64.6 Å². The molecular weight excluding hydrogens is 396 g/mol. The minimum atomic E-state index is -0.459. The zero-order valence-corrected chi connectivity index (χ0v) is 15.9. The lowest BCUT2D eigenvalue weighted by Crippen LogP contribution is -2.41. The number of ether oxygens (including phenoxy) is 1. The second kappa shape index (κ2) is 8.85. The van der Waals surface area contributed by atoms with Crippen LogP contribution in [-0.4, -0.2) is 24.1 Å². The summed E-state index contributed by atoms with van der Waals surface area (Å²) in [7, 11) is 0. The number of halogens is 1. The van der Waals surface area contributed by atoms with Crippen molar-refractivity contribution in [3.63, 3.8) is 0 Å². The highest BCUT2D eigenvalue weighted by atomic mass is 79.9. The zero-order chi connectivity index (χ0) is 18.4. The number of rotatable bonds is 4. The Bertz CT molecular complexity index is 767. The van der Waals surface area contributed by atoms with Crippen molar-refractivity contribution in [1.29, 1.82) is 0 Å². The topological polar surface area (TPSA) is 67.4 Å². The standard InChI is InChI=1S/C20H21BrN2O3/c21-18-12-5-4-11-17(18)19(24)22-15-9-6-10-16(13-15)26-20(25)23-14-7-2-1-3-8-14/h1-5,7-8,11-12,15-16H,6,9-10,13H2,(H,22,24)(H,23,25)/t15-,16+/m1/s1. The number of benzene rings is 2. The molecular formula is C20H21BrN2O3. The van der Waals surface area contributed by atoms with Crippen LogP contribution >= 0.6 is 15.9 Å². The highest BCUT2D eigenvalue weighted by Gasteiger charge is 2.26. The van der Waals surface area contributed by atoms with Gasteiger partial charge in [0.15, 0.2) is 0 Å². The first-order valence-corrected chi connectivity index (χ1v) is 9.49. The molecule has 0 unspecified atom stereocenters. The van der Waals surface area contributed by atoms with Crippen LogP contribution in [0.2, 0.25) is 0 Å². The highest BCUT2D eigenvalue weighted by Crippen LogP contribution is 2.23. The quantitative estimate of drug-likeness (QED) is 0.755. The van der Waals surface area contributed by atoms with Gasteiger partial charge in [-0.2, -0.15) is 0 Å². The highest BCUT2D eigenvalue weighted by molar-refractivity contribution is 9.10. The fourth-order valence-corrected chi connectivity index (χ4v) is 3.58. The number of para-hydroxylation sites is 1. The average Bonchev–Trinajstić information content (AvgIpc) is 2.63. The molecule has 136 valence electrons. The number of nitrogens with one attached hydrogen (secondary N) is 2. The normalized spacial score (nSPS) is 19.4. The van der Waals surface area contributed by atoms with Gasteiger partial charge < -0.3 is 10.1 Å². The number of amides is 2. The van der Waals surface area contributed by atoms with Gasteiger partial charge in [-0.15, -0.1) is 0 Å². The molecule has 26 heavy (non-hydrogen) atoms. The van der Waals surface area contributed by atoms with E-state index in [9.17, 15) is 9.59 Å². The van der Waals surface area contributed by atoms with Gasteiger partial charge in [-0.1, -0.05) is 30.3 Å². The number of anilines is 1. The van der Waals surface area contributed by atoms with E-state index in [1.54, 1.807) is 6.07 Å². The predicted octanol–water partition coefficient (Wildman–Crippen LogP) is 4.74. The zero-order valence-electron chi connectivity index (χ0n) is 14.3. The molecule has 0 aromatic heterocycles. The lowest BCUT2D eigenvalue weighted by molar-refractivity contribution is 0.0712. The van der Waals surface area contributed by atoms with E-state index in [0.717, 1.165) is 23.7 Å². The molecule has 1 saturated carbocycles. The van der Waals surface area contributed by atoms with Gasteiger partial charge in [0.1, 0.15) is 6.10 Å². The van der Waals surface area contributed by atoms with E-state index >= 15 is 0 Å². The maximum atomic E-state index is 12.4. The van der Waals surface area contributed by atoms with Crippen LogP contribution in [0.15, 0.2) is 59.1 Å². The molecule has 1 aliphatic carbocycles. The molecule has 1 aliphatic rings. The third kappa shape index (κ3) is 5.08. The third-order valence-corrected chi connectivity index (χ3v) is 5.07. The van der Waals surface area contributed by atoms with Gasteiger partial charge in [0.2, 0.25) is 0 Å². The SMILES string of the molecule is O=C(Nc1ccccc1)O[C@H]1CCC[C@@H](NC(=O)c2ccccc2Br)C1. The molecule has 0 saturated heterocycles. The van der Waals surface area contributed by atoms with Gasteiger partial charge >= 0.3 is 6.09 Å². The maximum Gasteiger partial charge on any atom is 0.411 e.